The van der Waals surface area contributed by atoms with Crippen LogP contribution in [0.2, 0.25) is 0 Å². The number of rotatable bonds is 7. The Bertz CT molecular complexity index is 925. The molecule has 26 heavy (non-hydrogen) atoms. The number of fused-ring (bicyclic) bond motifs is 1. The number of ether oxygens (including phenoxy) is 2. The van der Waals surface area contributed by atoms with Gasteiger partial charge in [0.1, 0.15) is 11.5 Å². The molecule has 134 valence electrons. The van der Waals surface area contributed by atoms with Crippen LogP contribution in [0, 0.1) is 5.92 Å². The van der Waals surface area contributed by atoms with Crippen LogP contribution in [0.3, 0.4) is 0 Å². The van der Waals surface area contributed by atoms with Gasteiger partial charge in [0.25, 0.3) is 0 Å². The molecule has 0 aliphatic heterocycles. The van der Waals surface area contributed by atoms with Gasteiger partial charge in [0.05, 0.1) is 16.6 Å². The Morgan fingerprint density at radius 1 is 1.08 bits per heavy atom. The Balaban J connectivity index is 1.49. The number of hydrogen-bond acceptors (Lipinski definition) is 4. The van der Waals surface area contributed by atoms with Gasteiger partial charge in [-0.25, -0.2) is 4.98 Å². The molecule has 0 bridgehead atoms. The average molecular weight is 413 g/mol. The maximum atomic E-state index is 5.92. The number of nitrogens with two attached hydrogens (primary N) is 1. The number of nitrogens with zero attached hydrogens (tertiary/aromatic N) is 1. The van der Waals surface area contributed by atoms with Gasteiger partial charge in [-0.05, 0) is 89.6 Å². The minimum Gasteiger partial charge on any atom is -0.492 e. The molecule has 2 aromatic carbocycles. The molecule has 3 aromatic rings. The van der Waals surface area contributed by atoms with Crippen LogP contribution >= 0.6 is 15.9 Å². The lowest BCUT2D eigenvalue weighted by Crippen LogP contribution is -2.02. The summed E-state index contributed by atoms with van der Waals surface area (Å²) in [7, 11) is 0. The first-order chi connectivity index (χ1) is 12.7. The SMILES string of the molecule is NCCc1ccc2nc(Oc3ccc(OCC4CC4)c(Br)c3)ccc2c1. The van der Waals surface area contributed by atoms with E-state index in [1.54, 1.807) is 0 Å². The minimum atomic E-state index is 0.572. The van der Waals surface area contributed by atoms with Crippen LogP contribution < -0.4 is 15.2 Å². The first-order valence-corrected chi connectivity index (χ1v) is 9.70. The molecule has 1 aliphatic carbocycles. The standard InChI is InChI=1S/C21H21BrN2O2/c22-18-12-17(5-7-20(18)25-13-15-1-2-15)26-21-8-4-16-11-14(9-10-23)3-6-19(16)24-21/h3-8,11-12,15H,1-2,9-10,13,23H2. The molecule has 2 N–H and O–H groups in total. The summed E-state index contributed by atoms with van der Waals surface area (Å²) < 4.78 is 12.6. The third-order valence-electron chi connectivity index (χ3n) is 4.46. The fraction of sp³-hybridized carbons (Fsp3) is 0.286. The van der Waals surface area contributed by atoms with Crippen molar-refractivity contribution in [3.63, 3.8) is 0 Å². The Morgan fingerprint density at radius 2 is 1.96 bits per heavy atom. The monoisotopic (exact) mass is 412 g/mol. The largest absolute Gasteiger partial charge is 0.492 e. The molecule has 0 amide bonds. The average Bonchev–Trinajstić information content (AvgIpc) is 3.46. The van der Waals surface area contributed by atoms with Crippen molar-refractivity contribution in [2.24, 2.45) is 11.7 Å². The Hall–Kier alpha value is -2.11. The zero-order valence-corrected chi connectivity index (χ0v) is 16.0. The number of aromatic nitrogens is 1. The van der Waals surface area contributed by atoms with E-state index in [1.807, 2.05) is 36.4 Å². The summed E-state index contributed by atoms with van der Waals surface area (Å²) in [6.45, 7) is 1.44. The second kappa shape index (κ2) is 7.64. The molecule has 1 fully saturated rings. The zero-order chi connectivity index (χ0) is 17.9. The van der Waals surface area contributed by atoms with Gasteiger partial charge >= 0.3 is 0 Å². The topological polar surface area (TPSA) is 57.4 Å². The highest BCUT2D eigenvalue weighted by molar-refractivity contribution is 9.10. The molecule has 0 spiro atoms. The van der Waals surface area contributed by atoms with Crippen molar-refractivity contribution in [2.45, 2.75) is 19.3 Å². The van der Waals surface area contributed by atoms with Gasteiger partial charge < -0.3 is 15.2 Å². The van der Waals surface area contributed by atoms with Crippen LogP contribution in [0.4, 0.5) is 0 Å². The summed E-state index contributed by atoms with van der Waals surface area (Å²) in [6, 6.07) is 15.9. The van der Waals surface area contributed by atoms with E-state index in [2.05, 4.69) is 33.0 Å². The summed E-state index contributed by atoms with van der Waals surface area (Å²) in [5.74, 6) is 2.87. The maximum absolute atomic E-state index is 5.92. The molecule has 1 aliphatic rings. The third-order valence-corrected chi connectivity index (χ3v) is 5.08. The van der Waals surface area contributed by atoms with Crippen LogP contribution in [-0.2, 0) is 6.42 Å². The zero-order valence-electron chi connectivity index (χ0n) is 14.5. The van der Waals surface area contributed by atoms with E-state index in [9.17, 15) is 0 Å². The van der Waals surface area contributed by atoms with Gasteiger partial charge in [-0.15, -0.1) is 0 Å². The molecule has 0 atom stereocenters. The minimum absolute atomic E-state index is 0.572. The van der Waals surface area contributed by atoms with Crippen LogP contribution in [0.15, 0.2) is 53.0 Å². The van der Waals surface area contributed by atoms with Crippen molar-refractivity contribution in [3.8, 4) is 17.4 Å². The second-order valence-corrected chi connectivity index (χ2v) is 7.52. The summed E-state index contributed by atoms with van der Waals surface area (Å²) in [6.07, 6.45) is 3.43. The van der Waals surface area contributed by atoms with Gasteiger partial charge in [0, 0.05) is 11.5 Å². The molecule has 0 unspecified atom stereocenters. The molecule has 1 saturated carbocycles. The van der Waals surface area contributed by atoms with Crippen LogP contribution in [-0.4, -0.2) is 18.1 Å². The predicted octanol–water partition coefficient (Wildman–Crippen LogP) is 5.08. The lowest BCUT2D eigenvalue weighted by Gasteiger charge is -2.10. The summed E-state index contributed by atoms with van der Waals surface area (Å²) >= 11 is 3.56. The summed E-state index contributed by atoms with van der Waals surface area (Å²) in [5.41, 5.74) is 7.76. The number of hydrogen-bond donors (Lipinski definition) is 1. The molecule has 0 radical (unpaired) electrons. The molecule has 1 aromatic heterocycles. The fourth-order valence-corrected chi connectivity index (χ4v) is 3.28. The van der Waals surface area contributed by atoms with E-state index in [0.29, 0.717) is 12.4 Å². The molecule has 1 heterocycles. The third kappa shape index (κ3) is 4.17. The first-order valence-electron chi connectivity index (χ1n) is 8.91. The number of benzene rings is 2. The number of halogens is 1. The lowest BCUT2D eigenvalue weighted by atomic mass is 10.1. The van der Waals surface area contributed by atoms with Crippen molar-refractivity contribution in [3.05, 3.63) is 58.6 Å². The molecule has 0 saturated heterocycles. The van der Waals surface area contributed by atoms with E-state index < -0.39 is 0 Å². The Morgan fingerprint density at radius 3 is 2.73 bits per heavy atom. The molecular weight excluding hydrogens is 392 g/mol. The van der Waals surface area contributed by atoms with Crippen molar-refractivity contribution >= 4 is 26.8 Å². The first kappa shape index (κ1) is 17.3. The Kier molecular flexibility index (Phi) is 5.09. The van der Waals surface area contributed by atoms with Crippen molar-refractivity contribution in [2.75, 3.05) is 13.2 Å². The van der Waals surface area contributed by atoms with Crippen molar-refractivity contribution < 1.29 is 9.47 Å². The van der Waals surface area contributed by atoms with E-state index in [1.165, 1.54) is 18.4 Å². The second-order valence-electron chi connectivity index (χ2n) is 6.66. The van der Waals surface area contributed by atoms with Gasteiger partial charge in [-0.1, -0.05) is 6.07 Å². The van der Waals surface area contributed by atoms with Gasteiger partial charge in [-0.2, -0.15) is 0 Å². The van der Waals surface area contributed by atoms with E-state index in [0.717, 1.165) is 45.8 Å². The van der Waals surface area contributed by atoms with Gasteiger partial charge in [0.15, 0.2) is 0 Å². The van der Waals surface area contributed by atoms with Crippen LogP contribution in [0.1, 0.15) is 18.4 Å². The van der Waals surface area contributed by atoms with E-state index in [4.69, 9.17) is 15.2 Å². The van der Waals surface area contributed by atoms with Crippen molar-refractivity contribution in [1.29, 1.82) is 0 Å². The Labute approximate surface area is 161 Å². The highest BCUT2D eigenvalue weighted by Crippen LogP contribution is 2.34. The fourth-order valence-electron chi connectivity index (χ4n) is 2.81. The maximum Gasteiger partial charge on any atom is 0.219 e. The van der Waals surface area contributed by atoms with Crippen molar-refractivity contribution in [1.82, 2.24) is 4.98 Å². The lowest BCUT2D eigenvalue weighted by molar-refractivity contribution is 0.297. The molecular formula is C21H21BrN2O2. The highest BCUT2D eigenvalue weighted by atomic mass is 79.9. The molecule has 5 heteroatoms. The summed E-state index contributed by atoms with van der Waals surface area (Å²) in [4.78, 5) is 4.59. The van der Waals surface area contributed by atoms with Crippen LogP contribution in [0.5, 0.6) is 17.4 Å². The highest BCUT2D eigenvalue weighted by Gasteiger charge is 2.22. The normalized spacial score (nSPS) is 13.8. The van der Waals surface area contributed by atoms with Crippen LogP contribution in [0.25, 0.3) is 10.9 Å². The summed E-state index contributed by atoms with van der Waals surface area (Å²) in [5, 5.41) is 1.09. The molecule has 4 nitrogen and oxygen atoms in total. The van der Waals surface area contributed by atoms with Gasteiger partial charge in [0.2, 0.25) is 5.88 Å². The predicted molar refractivity (Wildman–Crippen MR) is 107 cm³/mol. The number of pyridine rings is 1. The quantitative estimate of drug-likeness (QED) is 0.587. The van der Waals surface area contributed by atoms with Gasteiger partial charge in [-0.3, -0.25) is 0 Å². The van der Waals surface area contributed by atoms with E-state index in [-0.39, 0.29) is 0 Å². The van der Waals surface area contributed by atoms with E-state index >= 15 is 0 Å². The molecule has 4 rings (SSSR count). The smallest absolute Gasteiger partial charge is 0.219 e.